The molecule has 0 saturated carbocycles. The van der Waals surface area contributed by atoms with Crippen molar-refractivity contribution in [3.8, 4) is 11.4 Å². The number of aromatic carboxylic acids is 1. The minimum Gasteiger partial charge on any atom is -0.476 e. The fourth-order valence-corrected chi connectivity index (χ4v) is 7.97. The highest BCUT2D eigenvalue weighted by Crippen LogP contribution is 2.39. The minimum absolute atomic E-state index is 0.0376. The summed E-state index contributed by atoms with van der Waals surface area (Å²) in [4.78, 5) is 44.5. The maximum Gasteiger partial charge on any atom is 0.356 e. The number of anilines is 3. The molecule has 266 valence electrons. The molecule has 4 aliphatic heterocycles. The predicted molar refractivity (Wildman–Crippen MR) is 189 cm³/mol. The summed E-state index contributed by atoms with van der Waals surface area (Å²) < 4.78 is 7.90. The monoisotopic (exact) mass is 692 g/mol. The number of nitrogens with zero attached hydrogens (tertiary/aromatic N) is 10. The number of aromatic nitrogens is 7. The van der Waals surface area contributed by atoms with Crippen LogP contribution in [-0.4, -0.2) is 96.2 Å². The molecule has 0 radical (unpaired) electrons. The van der Waals surface area contributed by atoms with Gasteiger partial charge in [0.1, 0.15) is 0 Å². The first-order valence-corrected chi connectivity index (χ1v) is 18.3. The smallest absolute Gasteiger partial charge is 0.356 e. The second-order valence-electron chi connectivity index (χ2n) is 14.1. The van der Waals surface area contributed by atoms with Crippen LogP contribution in [0.25, 0.3) is 11.4 Å². The third kappa shape index (κ3) is 6.88. The van der Waals surface area contributed by atoms with E-state index in [4.69, 9.17) is 29.9 Å². The van der Waals surface area contributed by atoms with E-state index in [0.29, 0.717) is 24.3 Å². The van der Waals surface area contributed by atoms with Crippen LogP contribution in [0.4, 0.5) is 17.3 Å². The zero-order chi connectivity index (χ0) is 34.9. The van der Waals surface area contributed by atoms with Crippen LogP contribution in [0.1, 0.15) is 84.6 Å². The van der Waals surface area contributed by atoms with E-state index in [9.17, 15) is 9.59 Å². The second-order valence-corrected chi connectivity index (χ2v) is 14.1. The Balaban J connectivity index is 0.930. The SMILES string of the molecule is CC(=O)N1CCc2c(c(N3CCCc4nc(-c5ccc(CCC6CCN(c7ccc(C(=O)O)nn7)CC6)nc5)ncc43)nn2C2CCOCC2)C1. The average molecular weight is 693 g/mol. The molecule has 0 aromatic carbocycles. The number of fused-ring (bicyclic) bond motifs is 2. The van der Waals surface area contributed by atoms with Crippen LogP contribution in [0.15, 0.2) is 36.7 Å². The lowest BCUT2D eigenvalue weighted by molar-refractivity contribution is -0.129. The molecule has 0 spiro atoms. The molecule has 14 nitrogen and oxygen atoms in total. The Morgan fingerprint density at radius 2 is 1.78 bits per heavy atom. The van der Waals surface area contributed by atoms with Gasteiger partial charge in [0.25, 0.3) is 0 Å². The van der Waals surface area contributed by atoms with E-state index < -0.39 is 5.97 Å². The lowest BCUT2D eigenvalue weighted by Crippen LogP contribution is -2.36. The summed E-state index contributed by atoms with van der Waals surface area (Å²) in [7, 11) is 0. The molecule has 2 saturated heterocycles. The van der Waals surface area contributed by atoms with E-state index in [-0.39, 0.29) is 11.6 Å². The Morgan fingerprint density at radius 3 is 2.51 bits per heavy atom. The zero-order valence-corrected chi connectivity index (χ0v) is 29.1. The normalized spacial score (nSPS) is 18.4. The molecule has 1 N–H and O–H groups in total. The number of carboxylic acid groups (broad SMARTS) is 1. The molecule has 1 amide bonds. The quantitative estimate of drug-likeness (QED) is 0.278. The van der Waals surface area contributed by atoms with Crippen molar-refractivity contribution in [3.63, 3.8) is 0 Å². The van der Waals surface area contributed by atoms with Crippen LogP contribution in [-0.2, 0) is 35.3 Å². The maximum absolute atomic E-state index is 12.4. The molecule has 14 heteroatoms. The molecule has 0 aliphatic carbocycles. The number of carboxylic acids is 1. The number of ether oxygens (including phenoxy) is 1. The third-order valence-electron chi connectivity index (χ3n) is 10.9. The Bertz CT molecular complexity index is 1880. The molecular formula is C37H44N10O4. The molecule has 4 aliphatic rings. The van der Waals surface area contributed by atoms with E-state index in [2.05, 4.69) is 36.8 Å². The highest BCUT2D eigenvalue weighted by molar-refractivity contribution is 5.85. The summed E-state index contributed by atoms with van der Waals surface area (Å²) in [6.45, 7) is 7.02. The van der Waals surface area contributed by atoms with E-state index >= 15 is 0 Å². The molecule has 51 heavy (non-hydrogen) atoms. The van der Waals surface area contributed by atoms with Gasteiger partial charge < -0.3 is 24.5 Å². The van der Waals surface area contributed by atoms with Gasteiger partial charge in [0.2, 0.25) is 5.91 Å². The molecule has 8 heterocycles. The Morgan fingerprint density at radius 1 is 0.941 bits per heavy atom. The number of carbonyl (C=O) groups is 2. The van der Waals surface area contributed by atoms with E-state index in [1.807, 2.05) is 17.3 Å². The van der Waals surface area contributed by atoms with E-state index in [1.54, 1.807) is 13.0 Å². The number of piperidine rings is 1. The first-order valence-electron chi connectivity index (χ1n) is 18.3. The van der Waals surface area contributed by atoms with Crippen LogP contribution in [0, 0.1) is 5.92 Å². The van der Waals surface area contributed by atoms with E-state index in [1.165, 1.54) is 11.8 Å². The van der Waals surface area contributed by atoms with Crippen LogP contribution in [0.5, 0.6) is 0 Å². The van der Waals surface area contributed by atoms with Gasteiger partial charge in [0, 0.05) is 81.4 Å². The van der Waals surface area contributed by atoms with Gasteiger partial charge in [-0.3, -0.25) is 14.5 Å². The molecule has 0 bridgehead atoms. The molecule has 0 unspecified atom stereocenters. The van der Waals surface area contributed by atoms with Crippen molar-refractivity contribution < 1.29 is 19.4 Å². The molecule has 2 fully saturated rings. The lowest BCUT2D eigenvalue weighted by atomic mass is 9.91. The summed E-state index contributed by atoms with van der Waals surface area (Å²) in [6.07, 6.45) is 12.4. The predicted octanol–water partition coefficient (Wildman–Crippen LogP) is 4.41. The summed E-state index contributed by atoms with van der Waals surface area (Å²) in [6, 6.07) is 7.73. The van der Waals surface area contributed by atoms with Crippen molar-refractivity contribution in [3.05, 3.63) is 65.0 Å². The van der Waals surface area contributed by atoms with Gasteiger partial charge in [-0.25, -0.2) is 14.8 Å². The molecule has 4 aromatic heterocycles. The van der Waals surface area contributed by atoms with Crippen LogP contribution >= 0.6 is 0 Å². The lowest BCUT2D eigenvalue weighted by Gasteiger charge is -2.32. The Labute approximate surface area is 296 Å². The van der Waals surface area contributed by atoms with Crippen LogP contribution in [0.3, 0.4) is 0 Å². The number of hydrogen-bond acceptors (Lipinski definition) is 11. The number of rotatable bonds is 8. The van der Waals surface area contributed by atoms with Crippen molar-refractivity contribution in [2.45, 2.75) is 77.3 Å². The first kappa shape index (κ1) is 33.2. The number of aryl methyl sites for hydroxylation is 2. The van der Waals surface area contributed by atoms with Gasteiger partial charge in [0.15, 0.2) is 23.2 Å². The molecular weight excluding hydrogens is 648 g/mol. The standard InChI is InChI=1S/C37H44N10O4/c1-24(48)45-18-12-32-29(23-45)36(43-47(32)28-13-19-51-20-14-28)46-15-2-3-30-33(46)22-39-35(40-30)26-5-7-27(38-21-26)6-4-25-10-16-44(17-11-25)34-9-8-31(37(49)50)41-42-34/h5,7-9,21-22,25,28H,2-4,6,10-20,23H2,1H3,(H,49,50). The topological polar surface area (TPSA) is 156 Å². The largest absolute Gasteiger partial charge is 0.476 e. The van der Waals surface area contributed by atoms with Crippen LogP contribution < -0.4 is 9.80 Å². The van der Waals surface area contributed by atoms with Gasteiger partial charge in [-0.2, -0.15) is 5.10 Å². The average Bonchev–Trinajstić information content (AvgIpc) is 3.56. The minimum atomic E-state index is -1.06. The second kappa shape index (κ2) is 14.3. The number of hydrogen-bond donors (Lipinski definition) is 1. The maximum atomic E-state index is 12.4. The zero-order valence-electron chi connectivity index (χ0n) is 29.1. The summed E-state index contributed by atoms with van der Waals surface area (Å²) in [5, 5.41) is 22.3. The summed E-state index contributed by atoms with van der Waals surface area (Å²) in [5.41, 5.74) is 6.32. The highest BCUT2D eigenvalue weighted by atomic mass is 16.5. The summed E-state index contributed by atoms with van der Waals surface area (Å²) in [5.74, 6) is 1.97. The van der Waals surface area contributed by atoms with Gasteiger partial charge in [-0.05, 0) is 81.5 Å². The Kier molecular flexibility index (Phi) is 9.32. The number of pyridine rings is 1. The molecule has 0 atom stereocenters. The van der Waals surface area contributed by atoms with Gasteiger partial charge in [0.05, 0.1) is 30.2 Å². The van der Waals surface area contributed by atoms with Crippen molar-refractivity contribution >= 4 is 29.2 Å². The molecule has 8 rings (SSSR count). The number of amides is 1. The first-order chi connectivity index (χ1) is 24.9. The van der Waals surface area contributed by atoms with Crippen molar-refractivity contribution in [2.24, 2.45) is 5.92 Å². The van der Waals surface area contributed by atoms with Gasteiger partial charge in [-0.1, -0.05) is 0 Å². The number of carbonyl (C=O) groups excluding carboxylic acids is 1. The van der Waals surface area contributed by atoms with E-state index in [0.717, 1.165) is 137 Å². The summed E-state index contributed by atoms with van der Waals surface area (Å²) >= 11 is 0. The Hall–Kier alpha value is -4.98. The van der Waals surface area contributed by atoms with Crippen LogP contribution in [0.2, 0.25) is 0 Å². The fraction of sp³-hybridized carbons (Fsp3) is 0.514. The fourth-order valence-electron chi connectivity index (χ4n) is 7.97. The van der Waals surface area contributed by atoms with Gasteiger partial charge >= 0.3 is 5.97 Å². The highest BCUT2D eigenvalue weighted by Gasteiger charge is 2.34. The third-order valence-corrected chi connectivity index (χ3v) is 10.9. The van der Waals surface area contributed by atoms with Gasteiger partial charge in [-0.15, -0.1) is 10.2 Å². The van der Waals surface area contributed by atoms with Crippen molar-refractivity contribution in [2.75, 3.05) is 49.2 Å². The van der Waals surface area contributed by atoms with Crippen molar-refractivity contribution in [1.29, 1.82) is 0 Å². The van der Waals surface area contributed by atoms with Crippen molar-refractivity contribution in [1.82, 2.24) is 39.8 Å². The molecule has 4 aromatic rings.